The molecule has 0 amide bonds. The predicted octanol–water partition coefficient (Wildman–Crippen LogP) is 3.13. The van der Waals surface area contributed by atoms with Crippen LogP contribution < -0.4 is 5.32 Å². The van der Waals surface area contributed by atoms with Crippen LogP contribution in [-0.4, -0.2) is 37.6 Å². The zero-order chi connectivity index (χ0) is 13.7. The molecule has 0 aromatic heterocycles. The van der Waals surface area contributed by atoms with Gasteiger partial charge < -0.3 is 10.2 Å². The first kappa shape index (κ1) is 13.6. The van der Waals surface area contributed by atoms with Gasteiger partial charge in [-0.15, -0.1) is 0 Å². The lowest BCUT2D eigenvalue weighted by molar-refractivity contribution is -0.0707. The van der Waals surface area contributed by atoms with Gasteiger partial charge in [0.1, 0.15) is 0 Å². The van der Waals surface area contributed by atoms with Crippen LogP contribution in [0.2, 0.25) is 0 Å². The maximum absolute atomic E-state index is 3.98. The van der Waals surface area contributed by atoms with Crippen LogP contribution in [0.15, 0.2) is 0 Å². The van der Waals surface area contributed by atoms with Crippen LogP contribution in [0.25, 0.3) is 0 Å². The smallest absolute Gasteiger partial charge is 0.00956 e. The van der Waals surface area contributed by atoms with Crippen molar-refractivity contribution in [2.45, 2.75) is 57.9 Å². The van der Waals surface area contributed by atoms with Gasteiger partial charge >= 0.3 is 0 Å². The fraction of sp³-hybridized carbons (Fsp3) is 1.00. The van der Waals surface area contributed by atoms with Gasteiger partial charge in [0, 0.05) is 12.6 Å². The molecular formula is C18H32N2. The lowest BCUT2D eigenvalue weighted by Crippen LogP contribution is -2.55. The average Bonchev–Trinajstić information content (AvgIpc) is 2.80. The van der Waals surface area contributed by atoms with E-state index in [1.807, 2.05) is 0 Å². The molecule has 114 valence electrons. The Kier molecular flexibility index (Phi) is 3.38. The largest absolute Gasteiger partial charge is 0.313 e. The Labute approximate surface area is 124 Å². The van der Waals surface area contributed by atoms with E-state index in [4.69, 9.17) is 0 Å². The molecule has 0 aromatic rings. The lowest BCUT2D eigenvalue weighted by Gasteiger charge is -2.59. The highest BCUT2D eigenvalue weighted by Crippen LogP contribution is 2.61. The number of hydrogen-bond donors (Lipinski definition) is 1. The molecule has 4 aliphatic carbocycles. The molecule has 1 aliphatic heterocycles. The Bertz CT molecular complexity index is 329. The molecule has 1 saturated heterocycles. The highest BCUT2D eigenvalue weighted by atomic mass is 15.1. The third kappa shape index (κ3) is 2.33. The Morgan fingerprint density at radius 2 is 1.70 bits per heavy atom. The van der Waals surface area contributed by atoms with Crippen molar-refractivity contribution in [2.75, 3.05) is 26.7 Å². The average molecular weight is 276 g/mol. The quantitative estimate of drug-likeness (QED) is 0.848. The molecule has 5 fully saturated rings. The van der Waals surface area contributed by atoms with Crippen molar-refractivity contribution in [2.24, 2.45) is 29.1 Å². The molecular weight excluding hydrogens is 244 g/mol. The fourth-order valence-corrected chi connectivity index (χ4v) is 6.46. The van der Waals surface area contributed by atoms with Crippen LogP contribution in [-0.2, 0) is 0 Å². The monoisotopic (exact) mass is 276 g/mol. The lowest BCUT2D eigenvalue weighted by atomic mass is 9.48. The summed E-state index contributed by atoms with van der Waals surface area (Å²) in [6, 6.07) is 0.752. The molecule has 2 atom stereocenters. The van der Waals surface area contributed by atoms with Gasteiger partial charge in [0.2, 0.25) is 0 Å². The number of nitrogens with one attached hydrogen (secondary N) is 1. The number of hydrogen-bond acceptors (Lipinski definition) is 2. The van der Waals surface area contributed by atoms with Crippen LogP contribution in [0.4, 0.5) is 0 Å². The molecule has 1 heterocycles. The van der Waals surface area contributed by atoms with Crippen LogP contribution in [0.5, 0.6) is 0 Å². The summed E-state index contributed by atoms with van der Waals surface area (Å²) in [5.74, 6) is 4.16. The first-order valence-electron chi connectivity index (χ1n) is 9.05. The summed E-state index contributed by atoms with van der Waals surface area (Å²) in [5, 5.41) is 3.98. The second-order valence-corrected chi connectivity index (χ2v) is 8.83. The van der Waals surface area contributed by atoms with Crippen LogP contribution >= 0.6 is 0 Å². The van der Waals surface area contributed by atoms with Crippen molar-refractivity contribution in [3.05, 3.63) is 0 Å². The van der Waals surface area contributed by atoms with Crippen molar-refractivity contribution in [1.82, 2.24) is 10.2 Å². The highest BCUT2D eigenvalue weighted by molar-refractivity contribution is 5.05. The van der Waals surface area contributed by atoms with Gasteiger partial charge in [-0.3, -0.25) is 0 Å². The third-order valence-electron chi connectivity index (χ3n) is 7.21. The van der Waals surface area contributed by atoms with Gasteiger partial charge in [0.15, 0.2) is 0 Å². The zero-order valence-electron chi connectivity index (χ0n) is 13.4. The molecule has 20 heavy (non-hydrogen) atoms. The van der Waals surface area contributed by atoms with Crippen LogP contribution in [0, 0.1) is 29.1 Å². The van der Waals surface area contributed by atoms with Crippen molar-refractivity contribution in [3.63, 3.8) is 0 Å². The maximum Gasteiger partial charge on any atom is 0.00956 e. The van der Waals surface area contributed by atoms with Gasteiger partial charge in [-0.05, 0) is 101 Å². The molecule has 5 aliphatic rings. The standard InChI is InChI=1S/C18H32N2/c1-13(19-11-14-3-4-20(2)12-14)18-8-15-5-16(9-18)7-17(6-15)10-18/h13-17,19H,3-12H2,1-2H3. The molecule has 0 radical (unpaired) electrons. The summed E-state index contributed by atoms with van der Waals surface area (Å²) < 4.78 is 0. The minimum Gasteiger partial charge on any atom is -0.313 e. The van der Waals surface area contributed by atoms with Gasteiger partial charge in [-0.2, -0.15) is 0 Å². The molecule has 2 heteroatoms. The van der Waals surface area contributed by atoms with E-state index < -0.39 is 0 Å². The van der Waals surface area contributed by atoms with E-state index in [2.05, 4.69) is 24.2 Å². The van der Waals surface area contributed by atoms with E-state index in [0.29, 0.717) is 5.41 Å². The molecule has 0 spiro atoms. The minimum atomic E-state index is 0.680. The van der Waals surface area contributed by atoms with E-state index in [1.54, 1.807) is 38.5 Å². The number of nitrogens with zero attached hydrogens (tertiary/aromatic N) is 1. The molecule has 0 aromatic carbocycles. The zero-order valence-corrected chi connectivity index (χ0v) is 13.4. The summed E-state index contributed by atoms with van der Waals surface area (Å²) in [7, 11) is 2.27. The van der Waals surface area contributed by atoms with Crippen molar-refractivity contribution >= 4 is 0 Å². The van der Waals surface area contributed by atoms with E-state index in [-0.39, 0.29) is 0 Å². The predicted molar refractivity (Wildman–Crippen MR) is 83.7 cm³/mol. The molecule has 4 bridgehead atoms. The highest BCUT2D eigenvalue weighted by Gasteiger charge is 2.52. The van der Waals surface area contributed by atoms with Gasteiger partial charge in [-0.1, -0.05) is 0 Å². The van der Waals surface area contributed by atoms with Crippen molar-refractivity contribution in [3.8, 4) is 0 Å². The molecule has 1 N–H and O–H groups in total. The van der Waals surface area contributed by atoms with E-state index in [1.165, 1.54) is 26.1 Å². The van der Waals surface area contributed by atoms with E-state index >= 15 is 0 Å². The van der Waals surface area contributed by atoms with Crippen molar-refractivity contribution < 1.29 is 0 Å². The minimum absolute atomic E-state index is 0.680. The molecule has 4 saturated carbocycles. The summed E-state index contributed by atoms with van der Waals surface area (Å²) in [6.45, 7) is 6.37. The Balaban J connectivity index is 1.37. The second kappa shape index (κ2) is 4.98. The summed E-state index contributed by atoms with van der Waals surface area (Å²) >= 11 is 0. The Hall–Kier alpha value is -0.0800. The number of rotatable bonds is 4. The van der Waals surface area contributed by atoms with Crippen LogP contribution in [0.1, 0.15) is 51.9 Å². The third-order valence-corrected chi connectivity index (χ3v) is 7.21. The van der Waals surface area contributed by atoms with Gasteiger partial charge in [0.05, 0.1) is 0 Å². The molecule has 2 unspecified atom stereocenters. The Morgan fingerprint density at radius 3 is 2.20 bits per heavy atom. The summed E-state index contributed by atoms with van der Waals surface area (Å²) in [4.78, 5) is 2.49. The van der Waals surface area contributed by atoms with Gasteiger partial charge in [0.25, 0.3) is 0 Å². The van der Waals surface area contributed by atoms with E-state index in [0.717, 1.165) is 29.7 Å². The van der Waals surface area contributed by atoms with Crippen molar-refractivity contribution in [1.29, 1.82) is 0 Å². The molecule has 5 rings (SSSR count). The first-order valence-corrected chi connectivity index (χ1v) is 9.05. The van der Waals surface area contributed by atoms with E-state index in [9.17, 15) is 0 Å². The maximum atomic E-state index is 3.98. The summed E-state index contributed by atoms with van der Waals surface area (Å²) in [5.41, 5.74) is 0.680. The van der Waals surface area contributed by atoms with Crippen LogP contribution in [0.3, 0.4) is 0 Å². The normalized spacial score (nSPS) is 48.9. The second-order valence-electron chi connectivity index (χ2n) is 8.83. The fourth-order valence-electron chi connectivity index (χ4n) is 6.46. The molecule has 2 nitrogen and oxygen atoms in total. The first-order chi connectivity index (χ1) is 9.63. The SMILES string of the molecule is CC(NCC1CCN(C)C1)C12CC3CC(CC(C3)C1)C2. The van der Waals surface area contributed by atoms with Gasteiger partial charge in [-0.25, -0.2) is 0 Å². The summed E-state index contributed by atoms with van der Waals surface area (Å²) in [6.07, 6.45) is 10.7. The Morgan fingerprint density at radius 1 is 1.10 bits per heavy atom. The topological polar surface area (TPSA) is 15.3 Å². The number of likely N-dealkylation sites (tertiary alicyclic amines) is 1.